The van der Waals surface area contributed by atoms with E-state index in [2.05, 4.69) is 53.4 Å². The summed E-state index contributed by atoms with van der Waals surface area (Å²) in [6, 6.07) is 18.9. The van der Waals surface area contributed by atoms with E-state index in [1.54, 1.807) is 6.92 Å². The fraction of sp³-hybridized carbons (Fsp3) is 0.278. The Labute approximate surface area is 120 Å². The summed E-state index contributed by atoms with van der Waals surface area (Å²) in [6.45, 7) is 3.39. The van der Waals surface area contributed by atoms with Crippen LogP contribution in [0.3, 0.4) is 0 Å². The Hall–Kier alpha value is -2.09. The molecule has 2 aromatic carbocycles. The number of Topliss-reactive ketones (excluding diaryl/α,β-unsaturated/α-hetero) is 1. The topological polar surface area (TPSA) is 20.3 Å². The lowest BCUT2D eigenvalue weighted by Gasteiger charge is -2.35. The van der Waals surface area contributed by atoms with Crippen LogP contribution >= 0.6 is 0 Å². The van der Waals surface area contributed by atoms with Crippen molar-refractivity contribution in [3.8, 4) is 0 Å². The Morgan fingerprint density at radius 3 is 2.55 bits per heavy atom. The SMILES string of the molecule is CC(=O)[C@H]1Cc2ccccc2N(Cc2ccccc2)C1. The Bertz CT molecular complexity index is 606. The largest absolute Gasteiger partial charge is 0.366 e. The molecule has 0 saturated heterocycles. The summed E-state index contributed by atoms with van der Waals surface area (Å²) in [5.74, 6) is 0.408. The van der Waals surface area contributed by atoms with Gasteiger partial charge in [-0.25, -0.2) is 0 Å². The maximum atomic E-state index is 11.8. The molecular weight excluding hydrogens is 246 g/mol. The minimum absolute atomic E-state index is 0.119. The van der Waals surface area contributed by atoms with Crippen molar-refractivity contribution >= 4 is 11.5 Å². The highest BCUT2D eigenvalue weighted by Crippen LogP contribution is 2.31. The van der Waals surface area contributed by atoms with Gasteiger partial charge >= 0.3 is 0 Å². The molecule has 0 radical (unpaired) electrons. The highest BCUT2D eigenvalue weighted by Gasteiger charge is 2.26. The van der Waals surface area contributed by atoms with E-state index in [9.17, 15) is 4.79 Å². The van der Waals surface area contributed by atoms with E-state index in [0.717, 1.165) is 19.5 Å². The predicted octanol–water partition coefficient (Wildman–Crippen LogP) is 3.45. The summed E-state index contributed by atoms with van der Waals surface area (Å²) in [5, 5.41) is 0. The summed E-state index contributed by atoms with van der Waals surface area (Å²) in [4.78, 5) is 14.1. The second-order valence-electron chi connectivity index (χ2n) is 5.51. The highest BCUT2D eigenvalue weighted by molar-refractivity contribution is 5.80. The first-order chi connectivity index (χ1) is 9.74. The van der Waals surface area contributed by atoms with Crippen molar-refractivity contribution in [2.75, 3.05) is 11.4 Å². The fourth-order valence-corrected chi connectivity index (χ4v) is 2.91. The van der Waals surface area contributed by atoms with Crippen molar-refractivity contribution in [1.29, 1.82) is 0 Å². The molecule has 2 nitrogen and oxygen atoms in total. The molecule has 0 aromatic heterocycles. The van der Waals surface area contributed by atoms with Gasteiger partial charge in [0.25, 0.3) is 0 Å². The number of ketones is 1. The summed E-state index contributed by atoms with van der Waals surface area (Å²) < 4.78 is 0. The highest BCUT2D eigenvalue weighted by atomic mass is 16.1. The van der Waals surface area contributed by atoms with Crippen LogP contribution in [-0.4, -0.2) is 12.3 Å². The van der Waals surface area contributed by atoms with Gasteiger partial charge in [0.2, 0.25) is 0 Å². The molecule has 0 aliphatic carbocycles. The van der Waals surface area contributed by atoms with Gasteiger partial charge in [-0.15, -0.1) is 0 Å². The molecule has 3 rings (SSSR count). The first-order valence-electron chi connectivity index (χ1n) is 7.11. The van der Waals surface area contributed by atoms with Gasteiger partial charge in [0, 0.05) is 24.7 Å². The molecule has 1 aliphatic heterocycles. The first kappa shape index (κ1) is 12.9. The van der Waals surface area contributed by atoms with Crippen molar-refractivity contribution in [2.24, 2.45) is 5.92 Å². The van der Waals surface area contributed by atoms with E-state index >= 15 is 0 Å². The summed E-state index contributed by atoms with van der Waals surface area (Å²) in [6.07, 6.45) is 0.872. The summed E-state index contributed by atoms with van der Waals surface area (Å²) in [5.41, 5.74) is 3.84. The number of fused-ring (bicyclic) bond motifs is 1. The quantitative estimate of drug-likeness (QED) is 0.847. The van der Waals surface area contributed by atoms with Gasteiger partial charge in [0.15, 0.2) is 0 Å². The molecule has 0 bridgehead atoms. The van der Waals surface area contributed by atoms with Crippen LogP contribution in [0.4, 0.5) is 5.69 Å². The number of carbonyl (C=O) groups excluding carboxylic acids is 1. The van der Waals surface area contributed by atoms with Gasteiger partial charge in [-0.1, -0.05) is 48.5 Å². The van der Waals surface area contributed by atoms with E-state index in [4.69, 9.17) is 0 Å². The van der Waals surface area contributed by atoms with Crippen LogP contribution in [-0.2, 0) is 17.8 Å². The molecular formula is C18H19NO. The molecule has 0 amide bonds. The van der Waals surface area contributed by atoms with Gasteiger partial charge in [-0.2, -0.15) is 0 Å². The minimum Gasteiger partial charge on any atom is -0.366 e. The zero-order valence-corrected chi connectivity index (χ0v) is 11.8. The normalized spacial score (nSPS) is 17.6. The van der Waals surface area contributed by atoms with Gasteiger partial charge < -0.3 is 4.90 Å². The Morgan fingerprint density at radius 1 is 1.10 bits per heavy atom. The number of carbonyl (C=O) groups is 1. The van der Waals surface area contributed by atoms with Crippen LogP contribution in [0, 0.1) is 5.92 Å². The molecule has 0 N–H and O–H groups in total. The standard InChI is InChI=1S/C18H19NO/c1-14(20)17-11-16-9-5-6-10-18(16)19(13-17)12-15-7-3-2-4-8-15/h2-10,17H,11-13H2,1H3/t17-/m0/s1. The Balaban J connectivity index is 1.91. The Morgan fingerprint density at radius 2 is 1.80 bits per heavy atom. The molecule has 20 heavy (non-hydrogen) atoms. The van der Waals surface area contributed by atoms with E-state index in [0.29, 0.717) is 0 Å². The van der Waals surface area contributed by atoms with Crippen LogP contribution < -0.4 is 4.90 Å². The van der Waals surface area contributed by atoms with Crippen molar-refractivity contribution in [1.82, 2.24) is 0 Å². The van der Waals surface area contributed by atoms with E-state index in [1.807, 2.05) is 6.07 Å². The fourth-order valence-electron chi connectivity index (χ4n) is 2.91. The van der Waals surface area contributed by atoms with Gasteiger partial charge in [-0.3, -0.25) is 4.79 Å². The van der Waals surface area contributed by atoms with Crippen LogP contribution in [0.2, 0.25) is 0 Å². The van der Waals surface area contributed by atoms with Gasteiger partial charge in [-0.05, 0) is 30.5 Å². The van der Waals surface area contributed by atoms with Crippen LogP contribution in [0.15, 0.2) is 54.6 Å². The maximum Gasteiger partial charge on any atom is 0.135 e. The third-order valence-electron chi connectivity index (χ3n) is 4.03. The molecule has 0 unspecified atom stereocenters. The first-order valence-corrected chi connectivity index (χ1v) is 7.11. The summed E-state index contributed by atoms with van der Waals surface area (Å²) in [7, 11) is 0. The number of hydrogen-bond donors (Lipinski definition) is 0. The molecule has 102 valence electrons. The summed E-state index contributed by atoms with van der Waals surface area (Å²) >= 11 is 0. The second-order valence-corrected chi connectivity index (χ2v) is 5.51. The van der Waals surface area contributed by atoms with Crippen molar-refractivity contribution in [3.63, 3.8) is 0 Å². The molecule has 1 heterocycles. The predicted molar refractivity (Wildman–Crippen MR) is 81.8 cm³/mol. The van der Waals surface area contributed by atoms with Crippen LogP contribution in [0.25, 0.3) is 0 Å². The lowest BCUT2D eigenvalue weighted by molar-refractivity contribution is -0.120. The maximum absolute atomic E-state index is 11.8. The average molecular weight is 265 g/mol. The van der Waals surface area contributed by atoms with Crippen molar-refractivity contribution in [3.05, 3.63) is 65.7 Å². The van der Waals surface area contributed by atoms with Crippen LogP contribution in [0.5, 0.6) is 0 Å². The van der Waals surface area contributed by atoms with Crippen molar-refractivity contribution < 1.29 is 4.79 Å². The molecule has 1 aliphatic rings. The van der Waals surface area contributed by atoms with Gasteiger partial charge in [0.05, 0.1) is 0 Å². The number of hydrogen-bond acceptors (Lipinski definition) is 2. The third kappa shape index (κ3) is 2.60. The monoisotopic (exact) mass is 265 g/mol. The molecule has 0 fully saturated rings. The van der Waals surface area contributed by atoms with Crippen molar-refractivity contribution in [2.45, 2.75) is 19.9 Å². The lowest BCUT2D eigenvalue weighted by atomic mass is 9.89. The average Bonchev–Trinajstić information content (AvgIpc) is 2.48. The number of benzene rings is 2. The zero-order valence-electron chi connectivity index (χ0n) is 11.8. The molecule has 0 spiro atoms. The number of anilines is 1. The third-order valence-corrected chi connectivity index (χ3v) is 4.03. The minimum atomic E-state index is 0.119. The van der Waals surface area contributed by atoms with E-state index < -0.39 is 0 Å². The Kier molecular flexibility index (Phi) is 3.55. The zero-order chi connectivity index (χ0) is 13.9. The van der Waals surface area contributed by atoms with Gasteiger partial charge in [0.1, 0.15) is 5.78 Å². The molecule has 2 heteroatoms. The van der Waals surface area contributed by atoms with E-state index in [-0.39, 0.29) is 11.7 Å². The lowest BCUT2D eigenvalue weighted by Crippen LogP contribution is -2.37. The van der Waals surface area contributed by atoms with E-state index in [1.165, 1.54) is 16.8 Å². The number of nitrogens with zero attached hydrogens (tertiary/aromatic N) is 1. The molecule has 0 saturated carbocycles. The van der Waals surface area contributed by atoms with Crippen LogP contribution in [0.1, 0.15) is 18.1 Å². The number of para-hydroxylation sites is 1. The molecule has 2 aromatic rings. The number of rotatable bonds is 3. The molecule has 1 atom stereocenters. The second kappa shape index (κ2) is 5.49. The smallest absolute Gasteiger partial charge is 0.135 e.